The molecule has 0 bridgehead atoms. The molecule has 0 unspecified atom stereocenters. The van der Waals surface area contributed by atoms with Crippen molar-refractivity contribution in [2.75, 3.05) is 13.1 Å². The van der Waals surface area contributed by atoms with Crippen molar-refractivity contribution in [1.29, 1.82) is 0 Å². The Kier molecular flexibility index (Phi) is 4.03. The van der Waals surface area contributed by atoms with E-state index in [4.69, 9.17) is 0 Å². The van der Waals surface area contributed by atoms with Gasteiger partial charge in [-0.3, -0.25) is 0 Å². The summed E-state index contributed by atoms with van der Waals surface area (Å²) in [6.07, 6.45) is 0. The van der Waals surface area contributed by atoms with Crippen LogP contribution in [0.15, 0.2) is 0 Å². The van der Waals surface area contributed by atoms with Crippen LogP contribution < -0.4 is 10.6 Å². The average Bonchev–Trinajstić information content (AvgIpc) is 1.68. The first-order valence-corrected chi connectivity index (χ1v) is 2.76. The summed E-state index contributed by atoms with van der Waals surface area (Å²) in [6.45, 7) is 4.91. The molecule has 0 atom stereocenters. The molecule has 47 valence electrons. The summed E-state index contributed by atoms with van der Waals surface area (Å²) < 4.78 is 0. The molecule has 8 heavy (non-hydrogen) atoms. The van der Waals surface area contributed by atoms with E-state index in [0.717, 1.165) is 0 Å². The van der Waals surface area contributed by atoms with Crippen LogP contribution in [0.3, 0.4) is 0 Å². The Balaban J connectivity index is 3.06. The van der Waals surface area contributed by atoms with Crippen molar-refractivity contribution >= 4 is 6.03 Å². The third-order valence-electron chi connectivity index (χ3n) is 0.630. The van der Waals surface area contributed by atoms with E-state index in [9.17, 15) is 4.79 Å². The number of urea groups is 1. The maximum Gasteiger partial charge on any atom is 0.336 e. The highest BCUT2D eigenvalue weighted by molar-refractivity contribution is 5.73. The number of amides is 2. The van der Waals surface area contributed by atoms with Crippen LogP contribution in [0.4, 0.5) is 4.79 Å². The fourth-order valence-corrected chi connectivity index (χ4v) is 0.351. The standard InChI is InChI=1S/C5H11N2O/c1-3-6-5(8)7-4-2/h3-4H2,1-2H3,(H,6,8). The number of carbonyl (C=O) groups is 1. The smallest absolute Gasteiger partial charge is 0.336 e. The fourth-order valence-electron chi connectivity index (χ4n) is 0.351. The van der Waals surface area contributed by atoms with E-state index >= 15 is 0 Å². The first-order chi connectivity index (χ1) is 3.81. The van der Waals surface area contributed by atoms with Crippen LogP contribution in [0.25, 0.3) is 0 Å². The van der Waals surface area contributed by atoms with Crippen LogP contribution in [0.2, 0.25) is 0 Å². The lowest BCUT2D eigenvalue weighted by molar-refractivity contribution is 0.241. The van der Waals surface area contributed by atoms with Gasteiger partial charge in [-0.1, -0.05) is 0 Å². The average molecular weight is 115 g/mol. The molecular formula is C5H11N2O. The first kappa shape index (κ1) is 7.27. The zero-order valence-electron chi connectivity index (χ0n) is 5.27. The van der Waals surface area contributed by atoms with Gasteiger partial charge in [-0.05, 0) is 13.8 Å². The molecule has 0 aliphatic rings. The molecule has 0 spiro atoms. The van der Waals surface area contributed by atoms with Crippen molar-refractivity contribution in [3.8, 4) is 0 Å². The minimum Gasteiger partial charge on any atom is -0.337 e. The van der Waals surface area contributed by atoms with E-state index in [0.29, 0.717) is 13.1 Å². The Morgan fingerprint density at radius 2 is 2.25 bits per heavy atom. The molecule has 3 heteroatoms. The van der Waals surface area contributed by atoms with Gasteiger partial charge >= 0.3 is 6.03 Å². The van der Waals surface area contributed by atoms with E-state index in [1.165, 1.54) is 0 Å². The monoisotopic (exact) mass is 115 g/mol. The Bertz CT molecular complexity index is 64.8. The van der Waals surface area contributed by atoms with E-state index in [2.05, 4.69) is 10.6 Å². The van der Waals surface area contributed by atoms with Crippen LogP contribution >= 0.6 is 0 Å². The Labute approximate surface area is 49.5 Å². The lowest BCUT2D eigenvalue weighted by Gasteiger charge is -1.96. The number of hydrogen-bond acceptors (Lipinski definition) is 1. The quantitative estimate of drug-likeness (QED) is 0.554. The third kappa shape index (κ3) is 3.46. The lowest BCUT2D eigenvalue weighted by atomic mass is 10.7. The third-order valence-corrected chi connectivity index (χ3v) is 0.630. The normalized spacial score (nSPS) is 8.25. The zero-order valence-corrected chi connectivity index (χ0v) is 5.27. The van der Waals surface area contributed by atoms with Gasteiger partial charge in [-0.25, -0.2) is 10.1 Å². The Hall–Kier alpha value is -0.730. The first-order valence-electron chi connectivity index (χ1n) is 2.76. The second-order valence-corrected chi connectivity index (χ2v) is 1.31. The van der Waals surface area contributed by atoms with Crippen molar-refractivity contribution in [1.82, 2.24) is 10.6 Å². The van der Waals surface area contributed by atoms with Gasteiger partial charge in [0.2, 0.25) is 0 Å². The predicted octanol–water partition coefficient (Wildman–Crippen LogP) is 0.340. The predicted molar refractivity (Wildman–Crippen MR) is 31.7 cm³/mol. The molecular weight excluding hydrogens is 104 g/mol. The second-order valence-electron chi connectivity index (χ2n) is 1.31. The molecule has 0 saturated carbocycles. The molecule has 0 heterocycles. The summed E-state index contributed by atoms with van der Waals surface area (Å²) in [4.78, 5) is 10.4. The van der Waals surface area contributed by atoms with Gasteiger partial charge in [-0.15, -0.1) is 0 Å². The van der Waals surface area contributed by atoms with Gasteiger partial charge < -0.3 is 5.32 Å². The maximum absolute atomic E-state index is 10.4. The van der Waals surface area contributed by atoms with Crippen LogP contribution in [0, 0.1) is 0 Å². The Morgan fingerprint density at radius 1 is 1.62 bits per heavy atom. The number of carbonyl (C=O) groups excluding carboxylic acids is 1. The van der Waals surface area contributed by atoms with Crippen LogP contribution in [-0.2, 0) is 0 Å². The summed E-state index contributed by atoms with van der Waals surface area (Å²) in [6, 6.07) is -0.213. The van der Waals surface area contributed by atoms with Gasteiger partial charge in [0.25, 0.3) is 0 Å². The molecule has 0 aromatic rings. The SMILES string of the molecule is CC[N]C(=O)NCC. The minimum atomic E-state index is -0.213. The van der Waals surface area contributed by atoms with Crippen molar-refractivity contribution in [2.45, 2.75) is 13.8 Å². The van der Waals surface area contributed by atoms with Gasteiger partial charge in [0.15, 0.2) is 0 Å². The minimum absolute atomic E-state index is 0.213. The Morgan fingerprint density at radius 3 is 2.62 bits per heavy atom. The maximum atomic E-state index is 10.4. The molecule has 0 aliphatic heterocycles. The van der Waals surface area contributed by atoms with E-state index in [1.54, 1.807) is 0 Å². The highest BCUT2D eigenvalue weighted by Crippen LogP contribution is 1.64. The molecule has 1 radical (unpaired) electrons. The molecule has 0 aromatic carbocycles. The lowest BCUT2D eigenvalue weighted by Crippen LogP contribution is -2.29. The summed E-state index contributed by atoms with van der Waals surface area (Å²) in [5.74, 6) is 0. The van der Waals surface area contributed by atoms with E-state index in [-0.39, 0.29) is 6.03 Å². The molecule has 1 N–H and O–H groups in total. The summed E-state index contributed by atoms with van der Waals surface area (Å²) >= 11 is 0. The van der Waals surface area contributed by atoms with Gasteiger partial charge in [0.1, 0.15) is 0 Å². The molecule has 0 aliphatic carbocycles. The molecule has 0 saturated heterocycles. The highest BCUT2D eigenvalue weighted by atomic mass is 16.2. The molecule has 2 amide bonds. The zero-order chi connectivity index (χ0) is 6.41. The van der Waals surface area contributed by atoms with Gasteiger partial charge in [0.05, 0.1) is 0 Å². The van der Waals surface area contributed by atoms with E-state index < -0.39 is 0 Å². The fraction of sp³-hybridized carbons (Fsp3) is 0.800. The topological polar surface area (TPSA) is 43.2 Å². The summed E-state index contributed by atoms with van der Waals surface area (Å²) in [7, 11) is 0. The van der Waals surface area contributed by atoms with Crippen molar-refractivity contribution in [3.05, 3.63) is 0 Å². The van der Waals surface area contributed by atoms with Gasteiger partial charge in [0, 0.05) is 13.1 Å². The van der Waals surface area contributed by atoms with E-state index in [1.807, 2.05) is 13.8 Å². The summed E-state index contributed by atoms with van der Waals surface area (Å²) in [5, 5.41) is 6.11. The van der Waals surface area contributed by atoms with Crippen molar-refractivity contribution in [2.24, 2.45) is 0 Å². The van der Waals surface area contributed by atoms with Crippen LogP contribution in [-0.4, -0.2) is 19.1 Å². The molecule has 0 aromatic heterocycles. The van der Waals surface area contributed by atoms with Crippen molar-refractivity contribution < 1.29 is 4.79 Å². The number of rotatable bonds is 2. The molecule has 0 fully saturated rings. The number of nitrogens with one attached hydrogen (secondary N) is 1. The van der Waals surface area contributed by atoms with Gasteiger partial charge in [-0.2, -0.15) is 0 Å². The van der Waals surface area contributed by atoms with Crippen LogP contribution in [0.5, 0.6) is 0 Å². The van der Waals surface area contributed by atoms with Crippen LogP contribution in [0.1, 0.15) is 13.8 Å². The molecule has 3 nitrogen and oxygen atoms in total. The van der Waals surface area contributed by atoms with Crippen molar-refractivity contribution in [3.63, 3.8) is 0 Å². The highest BCUT2D eigenvalue weighted by Gasteiger charge is 1.92. The molecule has 0 rings (SSSR count). The summed E-state index contributed by atoms with van der Waals surface area (Å²) in [5.41, 5.74) is 0. The number of nitrogens with zero attached hydrogens (tertiary/aromatic N) is 1. The second kappa shape index (κ2) is 4.43. The number of hydrogen-bond donors (Lipinski definition) is 1. The largest absolute Gasteiger partial charge is 0.337 e.